The first-order chi connectivity index (χ1) is 11.6. The van der Waals surface area contributed by atoms with E-state index in [4.69, 9.17) is 0 Å². The van der Waals surface area contributed by atoms with Gasteiger partial charge in [0.05, 0.1) is 11.8 Å². The summed E-state index contributed by atoms with van der Waals surface area (Å²) in [6, 6.07) is 0.441. The highest BCUT2D eigenvalue weighted by Crippen LogP contribution is 2.31. The van der Waals surface area contributed by atoms with Crippen molar-refractivity contribution in [3.8, 4) is 10.8 Å². The Morgan fingerprint density at radius 1 is 1.24 bits per heavy atom. The van der Waals surface area contributed by atoms with Crippen LogP contribution in [0.1, 0.15) is 24.6 Å². The van der Waals surface area contributed by atoms with Crippen molar-refractivity contribution in [2.75, 3.05) is 12.3 Å². The van der Waals surface area contributed by atoms with Crippen molar-refractivity contribution in [3.63, 3.8) is 0 Å². The van der Waals surface area contributed by atoms with Gasteiger partial charge in [0.25, 0.3) is 0 Å². The highest BCUT2D eigenvalue weighted by molar-refractivity contribution is 7.89. The molecule has 0 radical (unpaired) electrons. The van der Waals surface area contributed by atoms with Crippen molar-refractivity contribution in [2.24, 2.45) is 0 Å². The third kappa shape index (κ3) is 3.83. The Balaban J connectivity index is 1.85. The van der Waals surface area contributed by atoms with E-state index < -0.39 is 18.1 Å². The fourth-order valence-corrected chi connectivity index (χ4v) is 8.16. The topological polar surface area (TPSA) is 93.9 Å². The van der Waals surface area contributed by atoms with E-state index in [2.05, 4.69) is 39.2 Å². The van der Waals surface area contributed by atoms with Gasteiger partial charge in [-0.15, -0.1) is 10.2 Å². The van der Waals surface area contributed by atoms with Crippen LogP contribution in [0.2, 0.25) is 25.7 Å². The average Bonchev–Trinajstić information content (AvgIpc) is 3.11. The summed E-state index contributed by atoms with van der Waals surface area (Å²) in [7, 11) is -4.71. The monoisotopic (exact) mass is 400 g/mol. The zero-order chi connectivity index (χ0) is 18.4. The van der Waals surface area contributed by atoms with Gasteiger partial charge in [-0.1, -0.05) is 19.6 Å². The van der Waals surface area contributed by atoms with Crippen LogP contribution in [0.3, 0.4) is 0 Å². The second-order valence-corrected chi connectivity index (χ2v) is 16.0. The molecule has 0 amide bonds. The van der Waals surface area contributed by atoms with Crippen molar-refractivity contribution in [1.82, 2.24) is 28.4 Å². The molecule has 2 aromatic rings. The minimum Gasteiger partial charge on any atom is -0.306 e. The molecule has 0 spiro atoms. The van der Waals surface area contributed by atoms with Crippen molar-refractivity contribution in [1.29, 1.82) is 0 Å². The number of aryl methyl sites for hydroxylation is 1. The highest BCUT2D eigenvalue weighted by atomic mass is 32.2. The lowest BCUT2D eigenvalue weighted by atomic mass is 10.2. The Morgan fingerprint density at radius 3 is 2.56 bits per heavy atom. The maximum atomic E-state index is 12.8. The van der Waals surface area contributed by atoms with Gasteiger partial charge >= 0.3 is 0 Å². The summed E-state index contributed by atoms with van der Waals surface area (Å²) in [4.78, 5) is 4.37. The van der Waals surface area contributed by atoms with E-state index >= 15 is 0 Å². The molecule has 0 saturated carbocycles. The van der Waals surface area contributed by atoms with Gasteiger partial charge in [-0.05, 0) is 31.4 Å². The van der Waals surface area contributed by atoms with Crippen LogP contribution >= 0.6 is 11.5 Å². The standard InChI is InChI=1S/C14H24N6O2S2Si/c1-10-12-16-17-13(14-15-11(2)18-23-14)19(12)6-7-20(10)24(21,22)8-9-25(3,4)5/h10H,6-9H2,1-5H3/t10-/m1/s1. The molecule has 3 rings (SSSR count). The van der Waals surface area contributed by atoms with Crippen molar-refractivity contribution >= 4 is 29.6 Å². The summed E-state index contributed by atoms with van der Waals surface area (Å²) in [5.74, 6) is 2.26. The average molecular weight is 401 g/mol. The molecule has 3 heterocycles. The highest BCUT2D eigenvalue weighted by Gasteiger charge is 2.36. The smallest absolute Gasteiger partial charge is 0.214 e. The van der Waals surface area contributed by atoms with Gasteiger partial charge in [-0.2, -0.15) is 8.68 Å². The molecule has 0 fully saturated rings. The van der Waals surface area contributed by atoms with Crippen molar-refractivity contribution in [3.05, 3.63) is 11.6 Å². The number of hydrogen-bond donors (Lipinski definition) is 0. The van der Waals surface area contributed by atoms with Crippen LogP contribution in [0.25, 0.3) is 10.8 Å². The molecule has 0 unspecified atom stereocenters. The van der Waals surface area contributed by atoms with Crippen LogP contribution in [-0.4, -0.2) is 57.2 Å². The molecule has 1 atom stereocenters. The fourth-order valence-electron chi connectivity index (χ4n) is 2.84. The molecule has 2 aromatic heterocycles. The molecule has 0 saturated heterocycles. The van der Waals surface area contributed by atoms with Crippen LogP contribution in [0, 0.1) is 6.92 Å². The van der Waals surface area contributed by atoms with Crippen LogP contribution < -0.4 is 0 Å². The van der Waals surface area contributed by atoms with Crippen molar-refractivity contribution < 1.29 is 8.42 Å². The normalized spacial score (nSPS) is 19.2. The molecule has 0 aromatic carbocycles. The van der Waals surface area contributed by atoms with Gasteiger partial charge < -0.3 is 4.57 Å². The predicted molar refractivity (Wildman–Crippen MR) is 101 cm³/mol. The van der Waals surface area contributed by atoms with E-state index in [0.717, 1.165) is 11.1 Å². The van der Waals surface area contributed by atoms with Crippen LogP contribution in [-0.2, 0) is 16.6 Å². The summed E-state index contributed by atoms with van der Waals surface area (Å²) in [5, 5.41) is 9.21. The van der Waals surface area contributed by atoms with Gasteiger partial charge in [-0.3, -0.25) is 0 Å². The Hall–Kier alpha value is -1.17. The number of rotatable bonds is 5. The third-order valence-corrected chi connectivity index (χ3v) is 9.16. The number of nitrogens with zero attached hydrogens (tertiary/aromatic N) is 6. The maximum Gasteiger partial charge on any atom is 0.214 e. The molecule has 25 heavy (non-hydrogen) atoms. The largest absolute Gasteiger partial charge is 0.306 e. The summed E-state index contributed by atoms with van der Waals surface area (Å²) < 4.78 is 33.3. The summed E-state index contributed by atoms with van der Waals surface area (Å²) >= 11 is 1.29. The summed E-state index contributed by atoms with van der Waals surface area (Å²) in [6.07, 6.45) is 0. The minimum atomic E-state index is -3.30. The van der Waals surface area contributed by atoms with E-state index in [1.807, 2.05) is 18.4 Å². The zero-order valence-electron chi connectivity index (χ0n) is 15.2. The molecular formula is C14H24N6O2S2Si. The Kier molecular flexibility index (Phi) is 4.86. The molecule has 11 heteroatoms. The molecule has 1 aliphatic rings. The van der Waals surface area contributed by atoms with Gasteiger partial charge in [0.15, 0.2) is 16.7 Å². The van der Waals surface area contributed by atoms with E-state index in [0.29, 0.717) is 30.6 Å². The van der Waals surface area contributed by atoms with E-state index in [9.17, 15) is 8.42 Å². The Bertz CT molecular complexity index is 870. The van der Waals surface area contributed by atoms with E-state index in [1.54, 1.807) is 4.31 Å². The van der Waals surface area contributed by atoms with E-state index in [-0.39, 0.29) is 11.8 Å². The lowest BCUT2D eigenvalue weighted by Crippen LogP contribution is -2.43. The minimum absolute atomic E-state index is 0.212. The fraction of sp³-hybridized carbons (Fsp3) is 0.714. The SMILES string of the molecule is Cc1nsc(-c2nnc3n2CCN(S(=O)(=O)CC[Si](C)(C)C)[C@@H]3C)n1. The number of sulfonamides is 1. The number of fused-ring (bicyclic) bond motifs is 1. The lowest BCUT2D eigenvalue weighted by Gasteiger charge is -2.33. The second-order valence-electron chi connectivity index (χ2n) is 7.59. The molecule has 1 aliphatic heterocycles. The Labute approximate surface area is 153 Å². The molecule has 0 aliphatic carbocycles. The van der Waals surface area contributed by atoms with Gasteiger partial charge in [0.1, 0.15) is 5.82 Å². The second kappa shape index (κ2) is 6.52. The predicted octanol–water partition coefficient (Wildman–Crippen LogP) is 2.15. The summed E-state index contributed by atoms with van der Waals surface area (Å²) in [6.45, 7) is 11.3. The van der Waals surface area contributed by atoms with Gasteiger partial charge in [-0.25, -0.2) is 13.4 Å². The summed E-state index contributed by atoms with van der Waals surface area (Å²) in [5.41, 5.74) is 0. The van der Waals surface area contributed by atoms with E-state index in [1.165, 1.54) is 11.5 Å². The molecule has 0 N–H and O–H groups in total. The Morgan fingerprint density at radius 2 is 1.96 bits per heavy atom. The zero-order valence-corrected chi connectivity index (χ0v) is 17.9. The first-order valence-corrected chi connectivity index (χ1v) is 14.4. The number of aromatic nitrogens is 5. The first-order valence-electron chi connectivity index (χ1n) is 8.32. The van der Waals surface area contributed by atoms with Crippen LogP contribution in [0.4, 0.5) is 0 Å². The molecule has 138 valence electrons. The van der Waals surface area contributed by atoms with Gasteiger partial charge in [0, 0.05) is 21.2 Å². The number of hydrogen-bond acceptors (Lipinski definition) is 7. The quantitative estimate of drug-likeness (QED) is 0.714. The molecular weight excluding hydrogens is 376 g/mol. The third-order valence-electron chi connectivity index (χ3n) is 4.32. The van der Waals surface area contributed by atoms with Gasteiger partial charge in [0.2, 0.25) is 10.0 Å². The molecule has 0 bridgehead atoms. The van der Waals surface area contributed by atoms with Crippen LogP contribution in [0.5, 0.6) is 0 Å². The molecule has 8 nitrogen and oxygen atoms in total. The lowest BCUT2D eigenvalue weighted by molar-refractivity contribution is 0.277. The van der Waals surface area contributed by atoms with Crippen LogP contribution in [0.15, 0.2) is 0 Å². The maximum absolute atomic E-state index is 12.8. The van der Waals surface area contributed by atoms with Crippen molar-refractivity contribution in [2.45, 2.75) is 52.1 Å². The first kappa shape index (κ1) is 18.6.